The molecule has 0 amide bonds. The molecule has 0 fully saturated rings. The Morgan fingerprint density at radius 3 is 1.57 bits per heavy atom. The third-order valence-electron chi connectivity index (χ3n) is 8.50. The number of methoxy groups -OCH3 is 1. The van der Waals surface area contributed by atoms with E-state index in [9.17, 15) is 41.0 Å². The number of ether oxygens (including phenoxy) is 1. The average molecular weight is 1010 g/mol. The lowest BCUT2D eigenvalue weighted by Gasteiger charge is -2.17. The van der Waals surface area contributed by atoms with Crippen molar-refractivity contribution < 1.29 is 45.8 Å². The maximum atomic E-state index is 13.7. The largest absolute Gasteiger partial charge is 0.478 e. The molecule has 0 radical (unpaired) electrons. The molecule has 0 aliphatic heterocycles. The zero-order valence-corrected chi connectivity index (χ0v) is 36.1. The van der Waals surface area contributed by atoms with Crippen LogP contribution in [-0.2, 0) is 17.1 Å². The first-order valence-electron chi connectivity index (χ1n) is 16.6. The van der Waals surface area contributed by atoms with Gasteiger partial charge in [0.05, 0.1) is 60.8 Å². The molecule has 0 bridgehead atoms. The van der Waals surface area contributed by atoms with Crippen molar-refractivity contribution in [3.05, 3.63) is 149 Å². The van der Waals surface area contributed by atoms with Gasteiger partial charge < -0.3 is 9.84 Å². The van der Waals surface area contributed by atoms with Crippen molar-refractivity contribution in [3.8, 4) is 54.8 Å². The molecule has 1 N–H and O–H groups in total. The first kappa shape index (κ1) is 45.1. The summed E-state index contributed by atoms with van der Waals surface area (Å²) >= 11 is 30.0. The average Bonchev–Trinajstić information content (AvgIpc) is 3.91. The highest BCUT2D eigenvalue weighted by Crippen LogP contribution is 2.43. The second-order valence-electron chi connectivity index (χ2n) is 12.3. The van der Waals surface area contributed by atoms with Crippen LogP contribution in [0.2, 0.25) is 20.1 Å². The zero-order chi connectivity index (χ0) is 43.7. The molecular weight excluding hydrogens is 984 g/mol. The monoisotopic (exact) mass is 1000 g/mol. The van der Waals surface area contributed by atoms with Crippen molar-refractivity contribution in [2.45, 2.75) is 12.4 Å². The second kappa shape index (κ2) is 18.2. The number of esters is 1. The van der Waals surface area contributed by atoms with E-state index in [0.29, 0.717) is 64.1 Å². The molecule has 19 heteroatoms. The number of carbonyl (C=O) groups is 2. The van der Waals surface area contributed by atoms with Crippen molar-refractivity contribution in [2.75, 3.05) is 7.11 Å². The van der Waals surface area contributed by atoms with E-state index in [1.54, 1.807) is 41.8 Å². The number of hydrogen-bond acceptors (Lipinski definition) is 7. The molecule has 0 unspecified atom stereocenters. The highest BCUT2D eigenvalue weighted by atomic mass is 79.9. The van der Waals surface area contributed by atoms with E-state index >= 15 is 0 Å². The third-order valence-corrected chi connectivity index (χ3v) is 12.4. The Morgan fingerprint density at radius 1 is 0.617 bits per heavy atom. The van der Waals surface area contributed by atoms with E-state index in [2.05, 4.69) is 25.9 Å². The summed E-state index contributed by atoms with van der Waals surface area (Å²) in [5.41, 5.74) is -0.239. The minimum atomic E-state index is -5.16. The molecule has 60 heavy (non-hydrogen) atoms. The van der Waals surface area contributed by atoms with E-state index in [1.807, 2.05) is 23.6 Å². The third kappa shape index (κ3) is 10.2. The normalized spacial score (nSPS) is 11.5. The number of hydrogen-bond donors (Lipinski definition) is 1. The molecule has 5 aromatic carbocycles. The number of carboxylic acids is 1. The highest BCUT2D eigenvalue weighted by Gasteiger charge is 2.39. The Kier molecular flexibility index (Phi) is 13.7. The Bertz CT molecular complexity index is 2780. The number of aromatic carboxylic acids is 1. The number of benzene rings is 5. The molecule has 0 spiro atoms. The van der Waals surface area contributed by atoms with Crippen LogP contribution in [0.5, 0.6) is 0 Å². The van der Waals surface area contributed by atoms with E-state index in [-0.39, 0.29) is 11.6 Å². The van der Waals surface area contributed by atoms with Gasteiger partial charge in [-0.25, -0.2) is 19.6 Å². The number of alkyl halides is 6. The number of rotatable bonds is 7. The number of halogens is 11. The fourth-order valence-electron chi connectivity index (χ4n) is 5.59. The summed E-state index contributed by atoms with van der Waals surface area (Å²) < 4.78 is 85.5. The van der Waals surface area contributed by atoms with Gasteiger partial charge in [0, 0.05) is 37.5 Å². The number of thiazole rings is 2. The summed E-state index contributed by atoms with van der Waals surface area (Å²) in [4.78, 5) is 32.8. The van der Waals surface area contributed by atoms with Crippen LogP contribution < -0.4 is 0 Å². The molecule has 0 saturated heterocycles. The number of carboxylic acid groups (broad SMARTS) is 1. The van der Waals surface area contributed by atoms with Crippen LogP contribution in [0.4, 0.5) is 26.3 Å². The predicted octanol–water partition coefficient (Wildman–Crippen LogP) is 15.5. The van der Waals surface area contributed by atoms with Crippen molar-refractivity contribution >= 4 is 96.9 Å². The molecule has 0 atom stereocenters. The molecule has 308 valence electrons. The number of nitrogens with zero attached hydrogens (tertiary/aromatic N) is 2. The van der Waals surface area contributed by atoms with E-state index in [4.69, 9.17) is 51.1 Å². The lowest BCUT2D eigenvalue weighted by atomic mass is 9.92. The van der Waals surface area contributed by atoms with Crippen LogP contribution in [0.25, 0.3) is 54.8 Å². The van der Waals surface area contributed by atoms with Crippen LogP contribution in [0, 0.1) is 0 Å². The molecule has 0 aliphatic carbocycles. The fraction of sp³-hybridized carbons (Fsp3) is 0.0732. The zero-order valence-electron chi connectivity index (χ0n) is 29.9. The summed E-state index contributed by atoms with van der Waals surface area (Å²) in [5.74, 6) is -1.95. The fourth-order valence-corrected chi connectivity index (χ4v) is 8.25. The van der Waals surface area contributed by atoms with Gasteiger partial charge in [0.15, 0.2) is 0 Å². The van der Waals surface area contributed by atoms with E-state index in [1.165, 1.54) is 24.5 Å². The lowest BCUT2D eigenvalue weighted by Crippen LogP contribution is -2.13. The first-order chi connectivity index (χ1) is 28.2. The van der Waals surface area contributed by atoms with Gasteiger partial charge in [0.2, 0.25) is 0 Å². The van der Waals surface area contributed by atoms with Crippen molar-refractivity contribution in [1.29, 1.82) is 0 Å². The van der Waals surface area contributed by atoms with Gasteiger partial charge in [-0.15, -0.1) is 22.7 Å². The molecule has 0 saturated carbocycles. The summed E-state index contributed by atoms with van der Waals surface area (Å²) in [6.07, 6.45) is -10.2. The SMILES string of the molecule is COC(=O)c1cc(-c2nc(-c3ccc(Cl)c(Cl)c3)cs2)ccc1Br.O=C(O)c1cc(-c2nc(-c3ccc(Cl)c(Cl)c3)cs2)ccc1-c1ccc(C(F)(F)F)cc1C(F)(F)F. The van der Waals surface area contributed by atoms with Crippen molar-refractivity contribution in [2.24, 2.45) is 0 Å². The van der Waals surface area contributed by atoms with Crippen LogP contribution >= 0.6 is 85.0 Å². The van der Waals surface area contributed by atoms with Crippen LogP contribution in [0.3, 0.4) is 0 Å². The van der Waals surface area contributed by atoms with Crippen molar-refractivity contribution in [1.82, 2.24) is 9.97 Å². The van der Waals surface area contributed by atoms with Gasteiger partial charge in [-0.05, 0) is 81.7 Å². The van der Waals surface area contributed by atoms with Gasteiger partial charge in [0.1, 0.15) is 10.0 Å². The maximum Gasteiger partial charge on any atom is 0.417 e. The van der Waals surface area contributed by atoms with E-state index in [0.717, 1.165) is 45.3 Å². The van der Waals surface area contributed by atoms with Gasteiger partial charge in [-0.2, -0.15) is 26.3 Å². The summed E-state index contributed by atoms with van der Waals surface area (Å²) in [6, 6.07) is 20.4. The molecule has 2 aromatic heterocycles. The Labute approximate surface area is 373 Å². The molecule has 0 aliphatic rings. The Hall–Kier alpha value is -4.48. The Morgan fingerprint density at radius 2 is 1.10 bits per heavy atom. The molecule has 6 nitrogen and oxygen atoms in total. The predicted molar refractivity (Wildman–Crippen MR) is 227 cm³/mol. The van der Waals surface area contributed by atoms with Gasteiger partial charge in [-0.1, -0.05) is 82.8 Å². The number of carbonyl (C=O) groups excluding carboxylic acids is 1. The number of aromatic nitrogens is 2. The summed E-state index contributed by atoms with van der Waals surface area (Å²) in [7, 11) is 1.35. The smallest absolute Gasteiger partial charge is 0.417 e. The Balaban J connectivity index is 0.000000218. The summed E-state index contributed by atoms with van der Waals surface area (Å²) in [5, 5.41) is 16.1. The minimum absolute atomic E-state index is 0.0285. The van der Waals surface area contributed by atoms with Crippen LogP contribution in [-0.4, -0.2) is 34.1 Å². The quantitative estimate of drug-likeness (QED) is 0.126. The molecule has 2 heterocycles. The van der Waals surface area contributed by atoms with Crippen molar-refractivity contribution in [3.63, 3.8) is 0 Å². The molecule has 7 aromatic rings. The second-order valence-corrected chi connectivity index (χ2v) is 16.5. The maximum absolute atomic E-state index is 13.7. The first-order valence-corrected chi connectivity index (χ1v) is 20.7. The highest BCUT2D eigenvalue weighted by molar-refractivity contribution is 9.10. The summed E-state index contributed by atoms with van der Waals surface area (Å²) in [6.45, 7) is 0. The van der Waals surface area contributed by atoms with Crippen LogP contribution in [0.1, 0.15) is 31.8 Å². The van der Waals surface area contributed by atoms with Gasteiger partial charge in [0.25, 0.3) is 0 Å². The molecular formula is C41H21BrCl4F6N2O4S2. The van der Waals surface area contributed by atoms with Gasteiger partial charge >= 0.3 is 24.3 Å². The standard InChI is InChI=1S/C24H11Cl2F6NO2S.C17H10BrCl2NO2S/c25-18-6-2-11(8-19(18)26)20-10-36-21(33-20)12-1-4-14(16(7-12)22(34)35)15-5-3-13(23(27,28)29)9-17(15)24(30,31)32;1-23-17(22)11-6-10(2-4-12(11)18)16-21-15(8-24-16)9-3-5-13(19)14(20)7-9/h1-10H,(H,34,35);2-8H,1H3. The van der Waals surface area contributed by atoms with Gasteiger partial charge in [-0.3, -0.25) is 0 Å². The molecule has 7 rings (SSSR count). The minimum Gasteiger partial charge on any atom is -0.478 e. The topological polar surface area (TPSA) is 89.4 Å². The van der Waals surface area contributed by atoms with Crippen LogP contribution in [0.15, 0.2) is 106 Å². The van der Waals surface area contributed by atoms with E-state index < -0.39 is 46.5 Å². The lowest BCUT2D eigenvalue weighted by molar-refractivity contribution is -0.142.